The normalized spacial score (nSPS) is 15.2. The van der Waals surface area contributed by atoms with Crippen molar-refractivity contribution >= 4 is 17.7 Å². The summed E-state index contributed by atoms with van der Waals surface area (Å²) in [6.07, 6.45) is 3.73. The first kappa shape index (κ1) is 17.4. The van der Waals surface area contributed by atoms with E-state index in [9.17, 15) is 4.79 Å². The fourth-order valence-electron chi connectivity index (χ4n) is 3.00. The summed E-state index contributed by atoms with van der Waals surface area (Å²) in [5.41, 5.74) is 3.90. The quantitative estimate of drug-likeness (QED) is 0.747. The summed E-state index contributed by atoms with van der Waals surface area (Å²) < 4.78 is 0. The Labute approximate surface area is 138 Å². The van der Waals surface area contributed by atoms with E-state index in [4.69, 9.17) is 0 Å². The van der Waals surface area contributed by atoms with Gasteiger partial charge in [0.25, 0.3) is 0 Å². The van der Waals surface area contributed by atoms with Gasteiger partial charge in [-0.25, -0.2) is 0 Å². The molecule has 1 N–H and O–H groups in total. The number of benzene rings is 1. The van der Waals surface area contributed by atoms with Gasteiger partial charge in [-0.05, 0) is 58.3 Å². The van der Waals surface area contributed by atoms with Crippen LogP contribution in [-0.2, 0) is 10.5 Å². The molecule has 1 aromatic rings. The molecule has 3 nitrogen and oxygen atoms in total. The van der Waals surface area contributed by atoms with Crippen LogP contribution in [0.2, 0.25) is 0 Å². The number of hydrogen-bond donors (Lipinski definition) is 1. The maximum Gasteiger partial charge on any atom is 0.230 e. The fourth-order valence-corrected chi connectivity index (χ4v) is 3.79. The van der Waals surface area contributed by atoms with E-state index in [-0.39, 0.29) is 5.91 Å². The summed E-state index contributed by atoms with van der Waals surface area (Å²) in [6, 6.07) is 6.59. The van der Waals surface area contributed by atoms with E-state index in [0.717, 1.165) is 25.3 Å². The number of carbonyl (C=O) groups excluding carboxylic acids is 1. The number of carbonyl (C=O) groups is 1. The third-order valence-corrected chi connectivity index (χ3v) is 4.96. The van der Waals surface area contributed by atoms with Gasteiger partial charge in [0.05, 0.1) is 5.75 Å². The van der Waals surface area contributed by atoms with E-state index in [0.29, 0.717) is 5.75 Å². The molecule has 1 aliphatic rings. The second-order valence-corrected chi connectivity index (χ2v) is 7.23. The van der Waals surface area contributed by atoms with Crippen molar-refractivity contribution in [3.63, 3.8) is 0 Å². The van der Waals surface area contributed by atoms with Gasteiger partial charge < -0.3 is 10.2 Å². The van der Waals surface area contributed by atoms with E-state index in [1.807, 2.05) is 0 Å². The Hall–Kier alpha value is -1.00. The number of thioether (sulfide) groups is 1. The number of hydrogen-bond acceptors (Lipinski definition) is 3. The Balaban J connectivity index is 1.55. The van der Waals surface area contributed by atoms with Crippen LogP contribution in [-0.4, -0.2) is 42.7 Å². The number of rotatable bonds is 8. The molecule has 0 spiro atoms. The minimum Gasteiger partial charge on any atom is -0.355 e. The van der Waals surface area contributed by atoms with Crippen molar-refractivity contribution in [1.29, 1.82) is 0 Å². The Morgan fingerprint density at radius 3 is 2.55 bits per heavy atom. The lowest BCUT2D eigenvalue weighted by molar-refractivity contribution is -0.118. The molecule has 1 aliphatic heterocycles. The standard InChI is InChI=1S/C18H28N2OS/c1-15-10-16(2)12-17(11-15)13-22-14-18(21)19-6-5-9-20-7-3-4-8-20/h10-12H,3-9,13-14H2,1-2H3,(H,19,21). The van der Waals surface area contributed by atoms with Gasteiger partial charge in [-0.3, -0.25) is 4.79 Å². The lowest BCUT2D eigenvalue weighted by atomic mass is 10.1. The molecule has 1 aromatic carbocycles. The highest BCUT2D eigenvalue weighted by Crippen LogP contribution is 2.15. The predicted molar refractivity (Wildman–Crippen MR) is 95.4 cm³/mol. The fraction of sp³-hybridized carbons (Fsp3) is 0.611. The van der Waals surface area contributed by atoms with Crippen LogP contribution < -0.4 is 5.32 Å². The van der Waals surface area contributed by atoms with Crippen molar-refractivity contribution in [2.24, 2.45) is 0 Å². The molecule has 1 amide bonds. The molecule has 0 unspecified atom stereocenters. The largest absolute Gasteiger partial charge is 0.355 e. The van der Waals surface area contributed by atoms with Gasteiger partial charge in [0.1, 0.15) is 0 Å². The van der Waals surface area contributed by atoms with Gasteiger partial charge in [-0.1, -0.05) is 29.3 Å². The Kier molecular flexibility index (Phi) is 7.26. The molecule has 122 valence electrons. The number of nitrogens with zero attached hydrogens (tertiary/aromatic N) is 1. The van der Waals surface area contributed by atoms with Gasteiger partial charge in [0.15, 0.2) is 0 Å². The topological polar surface area (TPSA) is 32.3 Å². The number of likely N-dealkylation sites (tertiary alicyclic amines) is 1. The monoisotopic (exact) mass is 320 g/mol. The number of aryl methyl sites for hydroxylation is 2. The molecular formula is C18H28N2OS. The summed E-state index contributed by atoms with van der Waals surface area (Å²) >= 11 is 1.69. The molecule has 0 aliphatic carbocycles. The predicted octanol–water partition coefficient (Wildman–Crippen LogP) is 3.14. The van der Waals surface area contributed by atoms with E-state index in [1.54, 1.807) is 11.8 Å². The van der Waals surface area contributed by atoms with Crippen LogP contribution in [0, 0.1) is 13.8 Å². The van der Waals surface area contributed by atoms with E-state index in [1.165, 1.54) is 42.6 Å². The Bertz CT molecular complexity index is 464. The summed E-state index contributed by atoms with van der Waals surface area (Å²) in [6.45, 7) is 8.64. The zero-order valence-corrected chi connectivity index (χ0v) is 14.7. The van der Waals surface area contributed by atoms with Crippen molar-refractivity contribution in [3.05, 3.63) is 34.9 Å². The first-order valence-corrected chi connectivity index (χ1v) is 9.43. The van der Waals surface area contributed by atoms with E-state index in [2.05, 4.69) is 42.3 Å². The lowest BCUT2D eigenvalue weighted by Gasteiger charge is -2.14. The van der Waals surface area contributed by atoms with Gasteiger partial charge >= 0.3 is 0 Å². The second-order valence-electron chi connectivity index (χ2n) is 6.24. The third-order valence-electron chi connectivity index (χ3n) is 3.96. The van der Waals surface area contributed by atoms with E-state index >= 15 is 0 Å². The molecule has 22 heavy (non-hydrogen) atoms. The highest BCUT2D eigenvalue weighted by atomic mass is 32.2. The Morgan fingerprint density at radius 2 is 1.86 bits per heavy atom. The van der Waals surface area contributed by atoms with Crippen molar-refractivity contribution < 1.29 is 4.79 Å². The van der Waals surface area contributed by atoms with Crippen molar-refractivity contribution in [1.82, 2.24) is 10.2 Å². The third kappa shape index (κ3) is 6.41. The van der Waals surface area contributed by atoms with Crippen molar-refractivity contribution in [2.75, 3.05) is 31.9 Å². The van der Waals surface area contributed by atoms with Crippen LogP contribution in [0.15, 0.2) is 18.2 Å². The summed E-state index contributed by atoms with van der Waals surface area (Å²) in [5, 5.41) is 3.03. The van der Waals surface area contributed by atoms with Crippen LogP contribution >= 0.6 is 11.8 Å². The van der Waals surface area contributed by atoms with Crippen LogP contribution in [0.4, 0.5) is 0 Å². The Morgan fingerprint density at radius 1 is 1.18 bits per heavy atom. The number of nitrogens with one attached hydrogen (secondary N) is 1. The van der Waals surface area contributed by atoms with Crippen LogP contribution in [0.1, 0.15) is 36.0 Å². The summed E-state index contributed by atoms with van der Waals surface area (Å²) in [7, 11) is 0. The molecule has 0 saturated carbocycles. The zero-order valence-electron chi connectivity index (χ0n) is 13.9. The maximum atomic E-state index is 11.8. The first-order chi connectivity index (χ1) is 10.6. The minimum atomic E-state index is 0.163. The average molecular weight is 321 g/mol. The van der Waals surface area contributed by atoms with Crippen LogP contribution in [0.3, 0.4) is 0 Å². The van der Waals surface area contributed by atoms with Crippen molar-refractivity contribution in [3.8, 4) is 0 Å². The molecule has 0 atom stereocenters. The van der Waals surface area contributed by atoms with Crippen LogP contribution in [0.25, 0.3) is 0 Å². The molecule has 0 radical (unpaired) electrons. The summed E-state index contributed by atoms with van der Waals surface area (Å²) in [4.78, 5) is 14.3. The molecule has 1 saturated heterocycles. The number of amides is 1. The summed E-state index contributed by atoms with van der Waals surface area (Å²) in [5.74, 6) is 1.62. The van der Waals surface area contributed by atoms with Crippen LogP contribution in [0.5, 0.6) is 0 Å². The molecule has 4 heteroatoms. The van der Waals surface area contributed by atoms with Gasteiger partial charge in [0, 0.05) is 12.3 Å². The maximum absolute atomic E-state index is 11.8. The molecule has 1 heterocycles. The molecular weight excluding hydrogens is 292 g/mol. The van der Waals surface area contributed by atoms with Gasteiger partial charge in [-0.15, -0.1) is 11.8 Å². The molecule has 2 rings (SSSR count). The molecule has 0 bridgehead atoms. The van der Waals surface area contributed by atoms with E-state index < -0.39 is 0 Å². The molecule has 0 aromatic heterocycles. The second kappa shape index (κ2) is 9.21. The SMILES string of the molecule is Cc1cc(C)cc(CSCC(=O)NCCCN2CCCC2)c1. The highest BCUT2D eigenvalue weighted by Gasteiger charge is 2.10. The van der Waals surface area contributed by atoms with Gasteiger partial charge in [0.2, 0.25) is 5.91 Å². The highest BCUT2D eigenvalue weighted by molar-refractivity contribution is 7.99. The lowest BCUT2D eigenvalue weighted by Crippen LogP contribution is -2.29. The zero-order chi connectivity index (χ0) is 15.8. The van der Waals surface area contributed by atoms with Gasteiger partial charge in [-0.2, -0.15) is 0 Å². The smallest absolute Gasteiger partial charge is 0.230 e. The first-order valence-electron chi connectivity index (χ1n) is 8.27. The average Bonchev–Trinajstić information content (AvgIpc) is 2.96. The minimum absolute atomic E-state index is 0.163. The molecule has 1 fully saturated rings. The van der Waals surface area contributed by atoms with Crippen molar-refractivity contribution in [2.45, 2.75) is 38.9 Å².